The maximum atomic E-state index is 10.9. The van der Waals surface area contributed by atoms with E-state index in [4.69, 9.17) is 5.73 Å². The molecule has 0 aliphatic rings. The molecule has 2 atom stereocenters. The van der Waals surface area contributed by atoms with Gasteiger partial charge in [-0.15, -0.1) is 0 Å². The Hall–Kier alpha value is -1.71. The molecule has 1 amide bonds. The van der Waals surface area contributed by atoms with Gasteiger partial charge in [0.1, 0.15) is 0 Å². The summed E-state index contributed by atoms with van der Waals surface area (Å²) in [6, 6.07) is 6.04. The molecule has 1 aromatic carbocycles. The van der Waals surface area contributed by atoms with Crippen LogP contribution in [-0.2, 0) is 4.79 Å². The molecule has 1 rings (SSSR count). The SMILES string of the molecule is CCCCC(CC)CN(CC(CC)CCCC)c1ccc(N)c(NC=O)c1. The van der Waals surface area contributed by atoms with Crippen molar-refractivity contribution in [3.8, 4) is 0 Å². The highest BCUT2D eigenvalue weighted by Gasteiger charge is 2.18. The molecule has 3 N–H and O–H groups in total. The quantitative estimate of drug-likeness (QED) is 0.289. The zero-order valence-electron chi connectivity index (χ0n) is 18.0. The predicted octanol–water partition coefficient (Wildman–Crippen LogP) is 6.08. The van der Waals surface area contributed by atoms with Crippen LogP contribution >= 0.6 is 0 Å². The first kappa shape index (κ1) is 23.3. The number of hydrogen-bond donors (Lipinski definition) is 2. The molecule has 27 heavy (non-hydrogen) atoms. The van der Waals surface area contributed by atoms with Crippen molar-refractivity contribution in [2.24, 2.45) is 11.8 Å². The Balaban J connectivity index is 3.04. The largest absolute Gasteiger partial charge is 0.397 e. The lowest BCUT2D eigenvalue weighted by Gasteiger charge is -2.33. The van der Waals surface area contributed by atoms with Crippen LogP contribution in [0.15, 0.2) is 18.2 Å². The van der Waals surface area contributed by atoms with Gasteiger partial charge >= 0.3 is 0 Å². The van der Waals surface area contributed by atoms with Gasteiger partial charge in [-0.1, -0.05) is 66.2 Å². The lowest BCUT2D eigenvalue weighted by molar-refractivity contribution is -0.105. The number of hydrogen-bond acceptors (Lipinski definition) is 3. The molecule has 0 spiro atoms. The van der Waals surface area contributed by atoms with Crippen LogP contribution in [0.3, 0.4) is 0 Å². The molecular weight excluding hydrogens is 334 g/mol. The molecule has 0 radical (unpaired) electrons. The lowest BCUT2D eigenvalue weighted by atomic mass is 9.95. The summed E-state index contributed by atoms with van der Waals surface area (Å²) in [5, 5.41) is 2.74. The molecular formula is C23H41N3O. The van der Waals surface area contributed by atoms with E-state index in [9.17, 15) is 4.79 Å². The molecule has 1 aromatic rings. The number of carbonyl (C=O) groups is 1. The summed E-state index contributed by atoms with van der Waals surface area (Å²) in [4.78, 5) is 13.4. The van der Waals surface area contributed by atoms with E-state index in [2.05, 4.69) is 44.0 Å². The third-order valence-corrected chi connectivity index (χ3v) is 5.66. The van der Waals surface area contributed by atoms with Crippen molar-refractivity contribution in [3.63, 3.8) is 0 Å². The van der Waals surface area contributed by atoms with Crippen molar-refractivity contribution in [2.45, 2.75) is 79.1 Å². The molecule has 2 unspecified atom stereocenters. The number of unbranched alkanes of at least 4 members (excludes halogenated alkanes) is 2. The summed E-state index contributed by atoms with van der Waals surface area (Å²) < 4.78 is 0. The molecule has 0 bridgehead atoms. The second kappa shape index (κ2) is 13.5. The van der Waals surface area contributed by atoms with Crippen molar-refractivity contribution in [2.75, 3.05) is 29.0 Å². The summed E-state index contributed by atoms with van der Waals surface area (Å²) in [5.41, 5.74) is 8.50. The number of nitrogen functional groups attached to an aromatic ring is 1. The van der Waals surface area contributed by atoms with Gasteiger partial charge < -0.3 is 16.0 Å². The van der Waals surface area contributed by atoms with Crippen LogP contribution in [0.25, 0.3) is 0 Å². The van der Waals surface area contributed by atoms with Gasteiger partial charge in [-0.25, -0.2) is 0 Å². The fourth-order valence-electron chi connectivity index (χ4n) is 3.67. The monoisotopic (exact) mass is 375 g/mol. The van der Waals surface area contributed by atoms with E-state index >= 15 is 0 Å². The van der Waals surface area contributed by atoms with E-state index in [1.807, 2.05) is 12.1 Å². The molecule has 0 aliphatic heterocycles. The topological polar surface area (TPSA) is 58.4 Å². The van der Waals surface area contributed by atoms with Gasteiger partial charge in [0.15, 0.2) is 0 Å². The second-order valence-corrected chi connectivity index (χ2v) is 7.77. The van der Waals surface area contributed by atoms with Crippen molar-refractivity contribution in [1.29, 1.82) is 0 Å². The predicted molar refractivity (Wildman–Crippen MR) is 119 cm³/mol. The second-order valence-electron chi connectivity index (χ2n) is 7.77. The Labute approximate surface area is 166 Å². The summed E-state index contributed by atoms with van der Waals surface area (Å²) in [5.74, 6) is 1.40. The molecule has 0 saturated heterocycles. The first-order valence-corrected chi connectivity index (χ1v) is 10.9. The standard InChI is InChI=1S/C23H41N3O/c1-5-9-11-19(7-3)16-26(17-20(8-4)12-10-6-2)21-13-14-22(24)23(15-21)25-18-27/h13-15,18-20H,5-12,16-17,24H2,1-4H3,(H,25,27). The van der Waals surface area contributed by atoms with Crippen molar-refractivity contribution >= 4 is 23.5 Å². The minimum Gasteiger partial charge on any atom is -0.397 e. The fraction of sp³-hybridized carbons (Fsp3) is 0.696. The minimum atomic E-state index is 0.613. The third-order valence-electron chi connectivity index (χ3n) is 5.66. The number of carbonyl (C=O) groups excluding carboxylic acids is 1. The lowest BCUT2D eigenvalue weighted by Crippen LogP contribution is -2.34. The van der Waals surface area contributed by atoms with Gasteiger partial charge in [0.05, 0.1) is 11.4 Å². The van der Waals surface area contributed by atoms with Crippen LogP contribution < -0.4 is 16.0 Å². The summed E-state index contributed by atoms with van der Waals surface area (Å²) in [6.45, 7) is 11.3. The van der Waals surface area contributed by atoms with Crippen molar-refractivity contribution in [1.82, 2.24) is 0 Å². The number of benzene rings is 1. The smallest absolute Gasteiger partial charge is 0.211 e. The number of nitrogens with zero attached hydrogens (tertiary/aromatic N) is 1. The van der Waals surface area contributed by atoms with Crippen LogP contribution in [-0.4, -0.2) is 19.5 Å². The van der Waals surface area contributed by atoms with Crippen LogP contribution in [0.1, 0.15) is 79.1 Å². The average Bonchev–Trinajstić information content (AvgIpc) is 2.68. The van der Waals surface area contributed by atoms with Gasteiger partial charge in [-0.3, -0.25) is 4.79 Å². The van der Waals surface area contributed by atoms with Crippen molar-refractivity contribution in [3.05, 3.63) is 18.2 Å². The third kappa shape index (κ3) is 8.23. The van der Waals surface area contributed by atoms with Crippen LogP contribution in [0.5, 0.6) is 0 Å². The maximum absolute atomic E-state index is 10.9. The van der Waals surface area contributed by atoms with Crippen LogP contribution in [0.2, 0.25) is 0 Å². The van der Waals surface area contributed by atoms with E-state index in [0.29, 0.717) is 29.6 Å². The van der Waals surface area contributed by atoms with Crippen LogP contribution in [0, 0.1) is 11.8 Å². The van der Waals surface area contributed by atoms with E-state index in [-0.39, 0.29) is 0 Å². The van der Waals surface area contributed by atoms with Gasteiger partial charge in [-0.05, 0) is 42.9 Å². The molecule has 0 aliphatic carbocycles. The highest BCUT2D eigenvalue weighted by molar-refractivity contribution is 5.82. The highest BCUT2D eigenvalue weighted by Crippen LogP contribution is 2.29. The number of nitrogens with two attached hydrogens (primary N) is 1. The minimum absolute atomic E-state index is 0.613. The summed E-state index contributed by atoms with van der Waals surface area (Å²) >= 11 is 0. The van der Waals surface area contributed by atoms with Gasteiger partial charge in [0.2, 0.25) is 6.41 Å². The Bertz CT molecular complexity index is 514. The van der Waals surface area contributed by atoms with E-state index in [1.54, 1.807) is 0 Å². The summed E-state index contributed by atoms with van der Waals surface area (Å²) in [6.07, 6.45) is 10.8. The number of rotatable bonds is 15. The van der Waals surface area contributed by atoms with Gasteiger partial charge in [0.25, 0.3) is 0 Å². The molecule has 154 valence electrons. The van der Waals surface area contributed by atoms with E-state index in [1.165, 1.54) is 57.1 Å². The Morgan fingerprint density at radius 3 is 2.00 bits per heavy atom. The molecule has 0 aromatic heterocycles. The van der Waals surface area contributed by atoms with E-state index in [0.717, 1.165) is 13.1 Å². The first-order valence-electron chi connectivity index (χ1n) is 10.9. The molecule has 0 fully saturated rings. The highest BCUT2D eigenvalue weighted by atomic mass is 16.1. The average molecular weight is 376 g/mol. The Morgan fingerprint density at radius 1 is 1.00 bits per heavy atom. The molecule has 0 saturated carbocycles. The maximum Gasteiger partial charge on any atom is 0.211 e. The van der Waals surface area contributed by atoms with Gasteiger partial charge in [-0.2, -0.15) is 0 Å². The van der Waals surface area contributed by atoms with E-state index < -0.39 is 0 Å². The van der Waals surface area contributed by atoms with Crippen molar-refractivity contribution < 1.29 is 4.79 Å². The molecule has 0 heterocycles. The Kier molecular flexibility index (Phi) is 11.6. The molecule has 4 heteroatoms. The zero-order chi connectivity index (χ0) is 20.1. The summed E-state index contributed by atoms with van der Waals surface area (Å²) in [7, 11) is 0. The fourth-order valence-corrected chi connectivity index (χ4v) is 3.67. The number of nitrogens with one attached hydrogen (secondary N) is 1. The number of amides is 1. The number of anilines is 3. The normalized spacial score (nSPS) is 13.2. The first-order chi connectivity index (χ1) is 13.1. The van der Waals surface area contributed by atoms with Gasteiger partial charge in [0, 0.05) is 18.8 Å². The zero-order valence-corrected chi connectivity index (χ0v) is 18.0. The Morgan fingerprint density at radius 2 is 1.56 bits per heavy atom. The van der Waals surface area contributed by atoms with Crippen LogP contribution in [0.4, 0.5) is 17.1 Å². The molecule has 4 nitrogen and oxygen atoms in total.